The summed E-state index contributed by atoms with van der Waals surface area (Å²) >= 11 is 0. The Kier molecular flexibility index (Phi) is 5.22. The smallest absolute Gasteiger partial charge is 0.418 e. The van der Waals surface area contributed by atoms with Gasteiger partial charge in [-0.25, -0.2) is 0 Å². The molecule has 0 aliphatic rings. The molecule has 1 aromatic heterocycles. The summed E-state index contributed by atoms with van der Waals surface area (Å²) in [6.45, 7) is 0. The normalized spacial score (nSPS) is 9.81. The van der Waals surface area contributed by atoms with E-state index in [2.05, 4.69) is 4.98 Å². The summed E-state index contributed by atoms with van der Waals surface area (Å²) < 4.78 is 40.3. The van der Waals surface area contributed by atoms with E-state index in [1.54, 1.807) is 12.3 Å². The molecule has 0 atom stereocenters. The van der Waals surface area contributed by atoms with E-state index in [9.17, 15) is 17.3 Å². The first-order chi connectivity index (χ1) is 7.24. The van der Waals surface area contributed by atoms with Crippen LogP contribution in [0.15, 0.2) is 18.6 Å². The second-order valence-corrected chi connectivity index (χ2v) is 2.82. The number of anilines is 1. The van der Waals surface area contributed by atoms with Crippen molar-refractivity contribution >= 4 is 13.1 Å². The van der Waals surface area contributed by atoms with E-state index in [1.807, 2.05) is 25.2 Å². The van der Waals surface area contributed by atoms with Crippen molar-refractivity contribution in [2.45, 2.75) is 0 Å². The highest BCUT2D eigenvalue weighted by atomic mass is 19.5. The molecule has 0 N–H and O–H groups in total. The molecule has 4 nitrogen and oxygen atoms in total. The summed E-state index contributed by atoms with van der Waals surface area (Å²) in [6.07, 6.45) is 5.08. The Hall–Kier alpha value is -1.85. The van der Waals surface area contributed by atoms with Gasteiger partial charge in [0, 0.05) is 25.4 Å². The van der Waals surface area contributed by atoms with Crippen LogP contribution in [0.3, 0.4) is 0 Å². The molecule has 0 saturated heterocycles. The zero-order valence-electron chi connectivity index (χ0n) is 8.61. The van der Waals surface area contributed by atoms with Gasteiger partial charge in [0.2, 0.25) is 12.1 Å². The highest BCUT2D eigenvalue weighted by Gasteiger charge is 2.20. The molecule has 1 heterocycles. The van der Waals surface area contributed by atoms with Crippen LogP contribution in [0.1, 0.15) is 0 Å². The zero-order valence-corrected chi connectivity index (χ0v) is 8.61. The van der Waals surface area contributed by atoms with Gasteiger partial charge in [0.1, 0.15) is 0 Å². The maximum Gasteiger partial charge on any atom is 0.673 e. The van der Waals surface area contributed by atoms with Gasteiger partial charge in [0.15, 0.2) is 0 Å². The number of hydrogen-bond donors (Lipinski definition) is 0. The molecule has 0 radical (unpaired) electrons. The first kappa shape index (κ1) is 14.2. The van der Waals surface area contributed by atoms with Crippen LogP contribution in [0.25, 0.3) is 0 Å². The van der Waals surface area contributed by atoms with Crippen LogP contribution in [0.2, 0.25) is 0 Å². The van der Waals surface area contributed by atoms with Crippen molar-refractivity contribution < 1.29 is 21.8 Å². The van der Waals surface area contributed by atoms with Crippen LogP contribution in [-0.4, -0.2) is 26.3 Å². The standard InChI is InChI=1S/C7H9N4.BF4/c1-10(2)7-3-4-11(5-8)6-9-7;2-1(3,4)5/h3-4,6H,1-2H3;/q+1;-1. The SMILES string of the molecule is CN(C)c1cc[n+](C#N)cn1.F[B-](F)(F)F. The number of halogens is 4. The molecule has 0 aliphatic carbocycles. The third-order valence-electron chi connectivity index (χ3n) is 1.27. The summed E-state index contributed by atoms with van der Waals surface area (Å²) in [7, 11) is -2.20. The molecule has 0 aliphatic heterocycles. The Morgan fingerprint density at radius 2 is 1.88 bits per heavy atom. The van der Waals surface area contributed by atoms with Crippen LogP contribution in [0.5, 0.6) is 0 Å². The van der Waals surface area contributed by atoms with Gasteiger partial charge in [-0.15, -0.1) is 0 Å². The van der Waals surface area contributed by atoms with Gasteiger partial charge in [0.25, 0.3) is 0 Å². The maximum absolute atomic E-state index is 9.75. The Bertz CT molecular complexity index is 350. The average molecular weight is 236 g/mol. The predicted octanol–water partition coefficient (Wildman–Crippen LogP) is 1.06. The quantitative estimate of drug-likeness (QED) is 0.416. The van der Waals surface area contributed by atoms with E-state index in [-0.39, 0.29) is 0 Å². The number of rotatable bonds is 1. The third kappa shape index (κ3) is 7.55. The molecule has 0 saturated carbocycles. The van der Waals surface area contributed by atoms with Crippen LogP contribution in [0.4, 0.5) is 23.1 Å². The van der Waals surface area contributed by atoms with Crippen molar-refractivity contribution in [3.8, 4) is 6.19 Å². The molecule has 1 rings (SSSR count). The van der Waals surface area contributed by atoms with Gasteiger partial charge in [-0.3, -0.25) is 0 Å². The Labute approximate surface area is 89.9 Å². The van der Waals surface area contributed by atoms with Gasteiger partial charge in [-0.2, -0.15) is 4.57 Å². The minimum Gasteiger partial charge on any atom is -0.418 e. The Morgan fingerprint density at radius 1 is 1.38 bits per heavy atom. The van der Waals surface area contributed by atoms with Crippen molar-refractivity contribution in [3.05, 3.63) is 18.6 Å². The second kappa shape index (κ2) is 5.90. The van der Waals surface area contributed by atoms with Crippen LogP contribution in [-0.2, 0) is 0 Å². The van der Waals surface area contributed by atoms with E-state index < -0.39 is 7.25 Å². The monoisotopic (exact) mass is 236 g/mol. The van der Waals surface area contributed by atoms with E-state index in [4.69, 9.17) is 5.26 Å². The van der Waals surface area contributed by atoms with E-state index >= 15 is 0 Å². The van der Waals surface area contributed by atoms with Gasteiger partial charge in [0.05, 0.1) is 6.20 Å². The molecule has 9 heteroatoms. The fourth-order valence-corrected chi connectivity index (χ4v) is 0.674. The van der Waals surface area contributed by atoms with E-state index in [0.717, 1.165) is 5.82 Å². The van der Waals surface area contributed by atoms with Crippen LogP contribution >= 0.6 is 0 Å². The predicted molar refractivity (Wildman–Crippen MR) is 50.0 cm³/mol. The number of nitriles is 1. The fourth-order valence-electron chi connectivity index (χ4n) is 0.674. The highest BCUT2D eigenvalue weighted by molar-refractivity contribution is 6.50. The van der Waals surface area contributed by atoms with Crippen molar-refractivity contribution in [2.24, 2.45) is 0 Å². The molecular weight excluding hydrogens is 227 g/mol. The minimum atomic E-state index is -6.00. The summed E-state index contributed by atoms with van der Waals surface area (Å²) in [5, 5.41) is 8.43. The molecule has 88 valence electrons. The topological polar surface area (TPSA) is 43.8 Å². The lowest BCUT2D eigenvalue weighted by atomic mass is 10.3. The number of hydrogen-bond acceptors (Lipinski definition) is 3. The molecule has 0 aromatic carbocycles. The first-order valence-corrected chi connectivity index (χ1v) is 4.06. The lowest BCUT2D eigenvalue weighted by Crippen LogP contribution is -2.28. The molecular formula is C7H9BF4N4. The number of nitrogens with zero attached hydrogens (tertiary/aromatic N) is 4. The minimum absolute atomic E-state index is 0.844. The summed E-state index contributed by atoms with van der Waals surface area (Å²) in [4.78, 5) is 5.89. The first-order valence-electron chi connectivity index (χ1n) is 4.06. The Morgan fingerprint density at radius 3 is 2.12 bits per heavy atom. The molecule has 16 heavy (non-hydrogen) atoms. The summed E-state index contributed by atoms with van der Waals surface area (Å²) in [6, 6.07) is 1.78. The van der Waals surface area contributed by atoms with Crippen LogP contribution in [0, 0.1) is 11.5 Å². The molecule has 1 aromatic rings. The highest BCUT2D eigenvalue weighted by Crippen LogP contribution is 2.06. The van der Waals surface area contributed by atoms with Crippen molar-refractivity contribution in [2.75, 3.05) is 19.0 Å². The summed E-state index contributed by atoms with van der Waals surface area (Å²) in [5.41, 5.74) is 0. The largest absolute Gasteiger partial charge is 0.673 e. The van der Waals surface area contributed by atoms with Crippen LogP contribution < -0.4 is 9.47 Å². The van der Waals surface area contributed by atoms with E-state index in [1.165, 1.54) is 10.9 Å². The van der Waals surface area contributed by atoms with Crippen molar-refractivity contribution in [3.63, 3.8) is 0 Å². The molecule has 0 fully saturated rings. The van der Waals surface area contributed by atoms with Gasteiger partial charge >= 0.3 is 13.4 Å². The maximum atomic E-state index is 9.75. The van der Waals surface area contributed by atoms with Gasteiger partial charge in [-0.05, 0) is 0 Å². The Balaban J connectivity index is 0.000000385. The average Bonchev–Trinajstić information content (AvgIpc) is 2.15. The van der Waals surface area contributed by atoms with E-state index in [0.29, 0.717) is 0 Å². The second-order valence-electron chi connectivity index (χ2n) is 2.82. The molecule has 0 spiro atoms. The zero-order chi connectivity index (χ0) is 12.8. The molecule has 0 bridgehead atoms. The molecule has 0 unspecified atom stereocenters. The lowest BCUT2D eigenvalue weighted by Gasteiger charge is -2.05. The van der Waals surface area contributed by atoms with Crippen molar-refractivity contribution in [1.29, 1.82) is 5.26 Å². The fraction of sp³-hybridized carbons (Fsp3) is 0.286. The summed E-state index contributed by atoms with van der Waals surface area (Å²) in [5.74, 6) is 0.844. The number of aromatic nitrogens is 2. The third-order valence-corrected chi connectivity index (χ3v) is 1.27. The van der Waals surface area contributed by atoms with Crippen molar-refractivity contribution in [1.82, 2.24) is 4.98 Å². The lowest BCUT2D eigenvalue weighted by molar-refractivity contribution is -0.589. The molecule has 0 amide bonds. The van der Waals surface area contributed by atoms with Gasteiger partial charge < -0.3 is 22.2 Å². The van der Waals surface area contributed by atoms with Gasteiger partial charge in [-0.1, -0.05) is 4.98 Å².